The quantitative estimate of drug-likeness (QED) is 0.280. The third-order valence-corrected chi connectivity index (χ3v) is 9.33. The Labute approximate surface area is 184 Å². The lowest BCUT2D eigenvalue weighted by Gasteiger charge is -2.45. The molecule has 0 aliphatic rings. The van der Waals surface area contributed by atoms with Crippen molar-refractivity contribution in [2.75, 3.05) is 72.1 Å². The first kappa shape index (κ1) is 29.0. The fraction of sp³-hybridized carbons (Fsp3) is 1.00. The Morgan fingerprint density at radius 2 is 0.897 bits per heavy atom. The molecule has 5 nitrogen and oxygen atoms in total. The Bertz CT molecular complexity index is 344. The molecular weight excluding hydrogens is 378 g/mol. The Morgan fingerprint density at radius 3 is 1.14 bits per heavy atom. The van der Waals surface area contributed by atoms with Crippen LogP contribution in [0, 0.1) is 5.41 Å². The fourth-order valence-corrected chi connectivity index (χ4v) is 7.02. The zero-order valence-electron chi connectivity index (χ0n) is 21.4. The third kappa shape index (κ3) is 10.7. The minimum Gasteiger partial charge on any atom is -0.395 e. The first-order chi connectivity index (χ1) is 13.8. The molecule has 0 aliphatic carbocycles. The van der Waals surface area contributed by atoms with Crippen LogP contribution in [0.1, 0.15) is 61.8 Å². The van der Waals surface area contributed by atoms with Crippen LogP contribution in [0.15, 0.2) is 0 Å². The average molecular weight is 432 g/mol. The summed E-state index contributed by atoms with van der Waals surface area (Å²) in [5.41, 5.74) is 0.229. The monoisotopic (exact) mass is 431 g/mol. The molecule has 29 heavy (non-hydrogen) atoms. The lowest BCUT2D eigenvalue weighted by atomic mass is 9.82. The molecule has 0 spiro atoms. The van der Waals surface area contributed by atoms with Gasteiger partial charge in [-0.3, -0.25) is 0 Å². The van der Waals surface area contributed by atoms with Gasteiger partial charge in [0.15, 0.2) is 0 Å². The van der Waals surface area contributed by atoms with Crippen LogP contribution in [0.4, 0.5) is 0 Å². The highest BCUT2D eigenvalue weighted by Gasteiger charge is 2.39. The smallest absolute Gasteiger partial charge is 0.334 e. The Balaban J connectivity index is 5.86. The number of hydrogen-bond donors (Lipinski definition) is 0. The number of rotatable bonds is 19. The zero-order chi connectivity index (χ0) is 22.3. The van der Waals surface area contributed by atoms with Crippen LogP contribution in [0.5, 0.6) is 0 Å². The molecule has 0 saturated heterocycles. The summed E-state index contributed by atoms with van der Waals surface area (Å²) in [7, 11) is -2.13. The molecule has 0 saturated carbocycles. The van der Waals surface area contributed by atoms with Crippen LogP contribution >= 0.6 is 0 Å². The van der Waals surface area contributed by atoms with Crippen LogP contribution in [-0.2, 0) is 8.85 Å². The average Bonchev–Trinajstić information content (AvgIpc) is 2.73. The molecule has 0 atom stereocenters. The lowest BCUT2D eigenvalue weighted by Crippen LogP contribution is -2.53. The normalized spacial score (nSPS) is 13.2. The van der Waals surface area contributed by atoms with Gasteiger partial charge in [-0.1, -0.05) is 41.5 Å². The molecular formula is C23H53N3O2Si. The van der Waals surface area contributed by atoms with Crippen molar-refractivity contribution in [3.63, 3.8) is 0 Å². The molecule has 0 unspecified atom stereocenters. The van der Waals surface area contributed by atoms with Crippen LogP contribution in [0.3, 0.4) is 0 Å². The van der Waals surface area contributed by atoms with Gasteiger partial charge in [-0.2, -0.15) is 0 Å². The molecule has 0 fully saturated rings. The topological polar surface area (TPSA) is 28.2 Å². The molecule has 0 N–H and O–H groups in total. The van der Waals surface area contributed by atoms with Crippen molar-refractivity contribution in [2.24, 2.45) is 5.41 Å². The molecule has 0 aromatic rings. The van der Waals surface area contributed by atoms with Crippen molar-refractivity contribution in [3.8, 4) is 0 Å². The molecule has 0 aliphatic heterocycles. The zero-order valence-corrected chi connectivity index (χ0v) is 22.4. The van der Waals surface area contributed by atoms with E-state index in [4.69, 9.17) is 8.85 Å². The predicted molar refractivity (Wildman–Crippen MR) is 130 cm³/mol. The maximum atomic E-state index is 6.21. The van der Waals surface area contributed by atoms with Gasteiger partial charge in [0.25, 0.3) is 0 Å². The SMILES string of the molecule is CCO[Si](C)(CCC(CN(CC)CC)(CN(CC)CC)CN(CC)CC)OCC. The fourth-order valence-electron chi connectivity index (χ4n) is 4.44. The first-order valence-corrected chi connectivity index (χ1v) is 14.8. The Kier molecular flexibility index (Phi) is 15.8. The van der Waals surface area contributed by atoms with Crippen molar-refractivity contribution in [1.29, 1.82) is 0 Å². The van der Waals surface area contributed by atoms with E-state index in [1.165, 1.54) is 6.42 Å². The van der Waals surface area contributed by atoms with Gasteiger partial charge in [-0.05, 0) is 72.1 Å². The first-order valence-electron chi connectivity index (χ1n) is 12.3. The minimum atomic E-state index is -2.13. The van der Waals surface area contributed by atoms with Crippen LogP contribution in [0.25, 0.3) is 0 Å². The van der Waals surface area contributed by atoms with Gasteiger partial charge < -0.3 is 23.6 Å². The van der Waals surface area contributed by atoms with E-state index in [9.17, 15) is 0 Å². The summed E-state index contributed by atoms with van der Waals surface area (Å²) >= 11 is 0. The predicted octanol–water partition coefficient (Wildman–Crippen LogP) is 4.53. The van der Waals surface area contributed by atoms with E-state index in [1.54, 1.807) is 0 Å². The van der Waals surface area contributed by atoms with E-state index < -0.39 is 8.56 Å². The largest absolute Gasteiger partial charge is 0.395 e. The third-order valence-electron chi connectivity index (χ3n) is 6.37. The van der Waals surface area contributed by atoms with Crippen molar-refractivity contribution in [1.82, 2.24) is 14.7 Å². The second-order valence-corrected chi connectivity index (χ2v) is 11.7. The molecule has 0 aromatic heterocycles. The molecule has 176 valence electrons. The molecule has 0 radical (unpaired) electrons. The van der Waals surface area contributed by atoms with E-state index in [0.29, 0.717) is 0 Å². The van der Waals surface area contributed by atoms with Crippen LogP contribution in [-0.4, -0.2) is 95.4 Å². The second-order valence-electron chi connectivity index (χ2n) is 8.38. The standard InChI is InChI=1S/C23H53N3O2Si/c1-10-24(11-2)20-23(21-25(12-3)13-4,22-26(14-5)15-6)18-19-29(9,27-16-7)28-17-8/h10-22H2,1-9H3. The summed E-state index contributed by atoms with van der Waals surface area (Å²) in [5, 5.41) is 0. The van der Waals surface area contributed by atoms with Crippen molar-refractivity contribution in [2.45, 2.75) is 74.4 Å². The Morgan fingerprint density at radius 1 is 0.586 bits per heavy atom. The van der Waals surface area contributed by atoms with E-state index in [2.05, 4.69) is 76.6 Å². The van der Waals surface area contributed by atoms with Crippen molar-refractivity contribution < 1.29 is 8.85 Å². The van der Waals surface area contributed by atoms with Gasteiger partial charge in [0.1, 0.15) is 0 Å². The molecule has 0 aromatic carbocycles. The number of hydrogen-bond acceptors (Lipinski definition) is 5. The van der Waals surface area contributed by atoms with Crippen LogP contribution in [0.2, 0.25) is 12.6 Å². The molecule has 0 amide bonds. The van der Waals surface area contributed by atoms with Gasteiger partial charge in [-0.25, -0.2) is 0 Å². The summed E-state index contributed by atoms with van der Waals surface area (Å²) in [4.78, 5) is 7.85. The highest BCUT2D eigenvalue weighted by atomic mass is 28.4. The highest BCUT2D eigenvalue weighted by molar-refractivity contribution is 6.66. The van der Waals surface area contributed by atoms with Gasteiger partial charge in [-0.15, -0.1) is 0 Å². The molecule has 0 rings (SSSR count). The summed E-state index contributed by atoms with van der Waals surface area (Å²) in [5.74, 6) is 0. The summed E-state index contributed by atoms with van der Waals surface area (Å²) in [6.07, 6.45) is 1.17. The summed E-state index contributed by atoms with van der Waals surface area (Å²) < 4.78 is 12.4. The van der Waals surface area contributed by atoms with E-state index in [0.717, 1.165) is 78.2 Å². The van der Waals surface area contributed by atoms with E-state index in [1.807, 2.05) is 0 Å². The van der Waals surface area contributed by atoms with Crippen molar-refractivity contribution in [3.05, 3.63) is 0 Å². The Hall–Kier alpha value is 0.0169. The molecule has 0 heterocycles. The minimum absolute atomic E-state index is 0.229. The second kappa shape index (κ2) is 15.8. The van der Waals surface area contributed by atoms with Crippen LogP contribution < -0.4 is 0 Å². The lowest BCUT2D eigenvalue weighted by molar-refractivity contribution is 0.0556. The summed E-state index contributed by atoms with van der Waals surface area (Å²) in [6, 6.07) is 1.07. The van der Waals surface area contributed by atoms with Gasteiger partial charge >= 0.3 is 8.56 Å². The van der Waals surface area contributed by atoms with Gasteiger partial charge in [0.2, 0.25) is 0 Å². The van der Waals surface area contributed by atoms with Crippen molar-refractivity contribution >= 4 is 8.56 Å². The number of nitrogens with zero attached hydrogens (tertiary/aromatic N) is 3. The van der Waals surface area contributed by atoms with E-state index in [-0.39, 0.29) is 5.41 Å². The molecule has 0 bridgehead atoms. The summed E-state index contributed by atoms with van der Waals surface area (Å²) in [6.45, 7) is 31.8. The maximum absolute atomic E-state index is 6.21. The maximum Gasteiger partial charge on any atom is 0.334 e. The highest BCUT2D eigenvalue weighted by Crippen LogP contribution is 2.32. The van der Waals surface area contributed by atoms with E-state index >= 15 is 0 Å². The molecule has 6 heteroatoms. The van der Waals surface area contributed by atoms with Gasteiger partial charge in [0, 0.05) is 38.3 Å². The van der Waals surface area contributed by atoms with Gasteiger partial charge in [0.05, 0.1) is 0 Å².